The maximum Gasteiger partial charge on any atom is 0.323 e. The van der Waals surface area contributed by atoms with Gasteiger partial charge in [-0.1, -0.05) is 42.5 Å². The van der Waals surface area contributed by atoms with Crippen molar-refractivity contribution in [2.75, 3.05) is 26.2 Å². The molecule has 0 bridgehead atoms. The van der Waals surface area contributed by atoms with Crippen molar-refractivity contribution in [2.24, 2.45) is 0 Å². The van der Waals surface area contributed by atoms with Gasteiger partial charge in [0.2, 0.25) is 17.7 Å². The van der Waals surface area contributed by atoms with E-state index in [2.05, 4.69) is 16.0 Å². The van der Waals surface area contributed by atoms with Crippen LogP contribution in [0.1, 0.15) is 36.8 Å². The number of hydrogen-bond acceptors (Lipinski definition) is 6. The molecule has 2 aromatic carbocycles. The van der Waals surface area contributed by atoms with Crippen LogP contribution in [0.4, 0.5) is 0 Å². The van der Waals surface area contributed by atoms with Gasteiger partial charge in [-0.15, -0.1) is 0 Å². The maximum atomic E-state index is 13.0. The first-order valence-corrected chi connectivity index (χ1v) is 12.9. The van der Waals surface area contributed by atoms with E-state index < -0.39 is 36.9 Å². The number of rotatable bonds is 10. The molecule has 11 nitrogen and oxygen atoms in total. The molecule has 4 amide bonds. The molecule has 1 atom stereocenters. The van der Waals surface area contributed by atoms with E-state index >= 15 is 0 Å². The van der Waals surface area contributed by atoms with Gasteiger partial charge in [0.1, 0.15) is 18.8 Å². The first-order valence-electron chi connectivity index (χ1n) is 12.9. The number of benzene rings is 2. The fraction of sp³-hybridized carbons (Fsp3) is 0.393. The highest BCUT2D eigenvalue weighted by molar-refractivity contribution is 5.88. The van der Waals surface area contributed by atoms with Gasteiger partial charge in [-0.05, 0) is 42.5 Å². The van der Waals surface area contributed by atoms with Gasteiger partial charge in [-0.25, -0.2) is 0 Å². The van der Waals surface area contributed by atoms with Gasteiger partial charge < -0.3 is 30.7 Å². The number of fused-ring (bicyclic) bond motifs is 1. The van der Waals surface area contributed by atoms with E-state index in [1.54, 1.807) is 30.3 Å². The summed E-state index contributed by atoms with van der Waals surface area (Å²) < 4.78 is 5.42. The fourth-order valence-electron chi connectivity index (χ4n) is 4.20. The van der Waals surface area contributed by atoms with Crippen LogP contribution in [0.2, 0.25) is 0 Å². The zero-order valence-corrected chi connectivity index (χ0v) is 21.7. The summed E-state index contributed by atoms with van der Waals surface area (Å²) in [4.78, 5) is 62.7. The van der Waals surface area contributed by atoms with Crippen molar-refractivity contribution in [3.8, 4) is 5.75 Å². The van der Waals surface area contributed by atoms with Crippen LogP contribution < -0.4 is 20.7 Å². The normalized spacial score (nSPS) is 16.5. The third-order valence-corrected chi connectivity index (χ3v) is 6.16. The number of carboxylic acid groups (broad SMARTS) is 1. The van der Waals surface area contributed by atoms with Gasteiger partial charge in [0.05, 0.1) is 6.42 Å². The van der Waals surface area contributed by atoms with Gasteiger partial charge >= 0.3 is 5.97 Å². The largest absolute Gasteiger partial charge is 0.484 e. The Hall–Kier alpha value is -4.41. The summed E-state index contributed by atoms with van der Waals surface area (Å²) in [5.41, 5.74) is 1.52. The minimum absolute atomic E-state index is 0.0764. The number of nitrogens with one attached hydrogen (secondary N) is 3. The number of unbranched alkanes of at least 4 members (excludes halogenated alkanes) is 1. The molecule has 1 aliphatic rings. The Labute approximate surface area is 226 Å². The summed E-state index contributed by atoms with van der Waals surface area (Å²) >= 11 is 0. The van der Waals surface area contributed by atoms with Crippen LogP contribution in [0.25, 0.3) is 0 Å². The molecule has 0 fully saturated rings. The van der Waals surface area contributed by atoms with Gasteiger partial charge in [-0.2, -0.15) is 0 Å². The van der Waals surface area contributed by atoms with Crippen LogP contribution in [0.15, 0.2) is 54.6 Å². The lowest BCUT2D eigenvalue weighted by molar-refractivity contribution is -0.146. The monoisotopic (exact) mass is 538 g/mol. The van der Waals surface area contributed by atoms with Crippen LogP contribution in [-0.4, -0.2) is 71.9 Å². The molecule has 11 heteroatoms. The van der Waals surface area contributed by atoms with Gasteiger partial charge in [-0.3, -0.25) is 24.0 Å². The van der Waals surface area contributed by atoms with Crippen molar-refractivity contribution in [3.63, 3.8) is 0 Å². The number of carbonyl (C=O) groups is 5. The Balaban J connectivity index is 1.57. The SMILES string of the molecule is O=C(O)CN1CC(=O)NCc2ccccc2CC(=O)N[C@@H](CCCCNC(=O)COc2ccccc2)CC1=O. The molecule has 2 aromatic rings. The predicted octanol–water partition coefficient (Wildman–Crippen LogP) is 1.01. The predicted molar refractivity (Wildman–Crippen MR) is 142 cm³/mol. The number of aliphatic carboxylic acids is 1. The van der Waals surface area contributed by atoms with Gasteiger partial charge in [0, 0.05) is 25.6 Å². The number of amides is 4. The minimum Gasteiger partial charge on any atom is -0.484 e. The van der Waals surface area contributed by atoms with Crippen LogP contribution in [0, 0.1) is 0 Å². The Morgan fingerprint density at radius 3 is 2.44 bits per heavy atom. The molecule has 3 rings (SSSR count). The molecule has 208 valence electrons. The lowest BCUT2D eigenvalue weighted by Crippen LogP contribution is -2.46. The number of ether oxygens (including phenoxy) is 1. The number of carboxylic acids is 1. The first-order chi connectivity index (χ1) is 18.8. The zero-order valence-electron chi connectivity index (χ0n) is 21.7. The zero-order chi connectivity index (χ0) is 28.0. The molecule has 0 saturated carbocycles. The molecular weight excluding hydrogens is 504 g/mol. The second-order valence-electron chi connectivity index (χ2n) is 9.28. The molecular formula is C28H34N4O7. The van der Waals surface area contributed by atoms with Crippen LogP contribution in [-0.2, 0) is 36.9 Å². The summed E-state index contributed by atoms with van der Waals surface area (Å²) in [7, 11) is 0. The van der Waals surface area contributed by atoms with E-state index in [1.807, 2.05) is 24.3 Å². The van der Waals surface area contributed by atoms with Gasteiger partial charge in [0.15, 0.2) is 6.61 Å². The Morgan fingerprint density at radius 2 is 1.69 bits per heavy atom. The summed E-state index contributed by atoms with van der Waals surface area (Å²) in [5, 5.41) is 17.6. The molecule has 0 aliphatic carbocycles. The van der Waals surface area contributed by atoms with Crippen molar-refractivity contribution >= 4 is 29.6 Å². The van der Waals surface area contributed by atoms with E-state index in [0.29, 0.717) is 31.6 Å². The lowest BCUT2D eigenvalue weighted by Gasteiger charge is -2.24. The topological polar surface area (TPSA) is 154 Å². The highest BCUT2D eigenvalue weighted by atomic mass is 16.5. The van der Waals surface area contributed by atoms with Crippen LogP contribution in [0.5, 0.6) is 5.75 Å². The van der Waals surface area contributed by atoms with E-state index in [1.165, 1.54) is 0 Å². The summed E-state index contributed by atoms with van der Waals surface area (Å²) in [6, 6.07) is 15.7. The third-order valence-electron chi connectivity index (χ3n) is 6.16. The highest BCUT2D eigenvalue weighted by Gasteiger charge is 2.25. The Morgan fingerprint density at radius 1 is 0.974 bits per heavy atom. The van der Waals surface area contributed by atoms with E-state index in [0.717, 1.165) is 16.0 Å². The Bertz CT molecular complexity index is 1160. The number of nitrogens with zero attached hydrogens (tertiary/aromatic N) is 1. The minimum atomic E-state index is -1.24. The number of para-hydroxylation sites is 1. The smallest absolute Gasteiger partial charge is 0.323 e. The van der Waals surface area contributed by atoms with Crippen molar-refractivity contribution in [1.82, 2.24) is 20.9 Å². The molecule has 4 N–H and O–H groups in total. The molecule has 0 saturated heterocycles. The Kier molecular flexibility index (Phi) is 11.3. The standard InChI is InChI=1S/C28H34N4O7/c33-24-14-20-8-4-5-9-21(20)16-30-25(34)17-32(18-28(37)38)27(36)15-22(31-24)10-6-7-13-29-26(35)19-39-23-11-2-1-3-12-23/h1-5,8-9,11-12,22H,6-7,10,13-19H2,(H,29,35)(H,30,34)(H,31,33)(H,37,38)/t22-/m0/s1. The molecule has 0 aromatic heterocycles. The average molecular weight is 539 g/mol. The second-order valence-corrected chi connectivity index (χ2v) is 9.28. The summed E-state index contributed by atoms with van der Waals surface area (Å²) in [5.74, 6) is -2.20. The molecule has 0 spiro atoms. The van der Waals surface area contributed by atoms with Crippen LogP contribution >= 0.6 is 0 Å². The van der Waals surface area contributed by atoms with Crippen LogP contribution in [0.3, 0.4) is 0 Å². The fourth-order valence-corrected chi connectivity index (χ4v) is 4.20. The first kappa shape index (κ1) is 29.2. The number of carbonyl (C=O) groups excluding carboxylic acids is 4. The lowest BCUT2D eigenvalue weighted by atomic mass is 10.0. The van der Waals surface area contributed by atoms with Crippen molar-refractivity contribution in [2.45, 2.75) is 44.7 Å². The number of hydrogen-bond donors (Lipinski definition) is 4. The second kappa shape index (κ2) is 15.1. The summed E-state index contributed by atoms with van der Waals surface area (Å²) in [6.45, 7) is -0.579. The van der Waals surface area contributed by atoms with E-state index in [-0.39, 0.29) is 37.8 Å². The van der Waals surface area contributed by atoms with Crippen molar-refractivity contribution in [1.29, 1.82) is 0 Å². The van der Waals surface area contributed by atoms with Crippen molar-refractivity contribution in [3.05, 3.63) is 65.7 Å². The molecule has 0 unspecified atom stereocenters. The third kappa shape index (κ3) is 10.5. The molecule has 1 aliphatic heterocycles. The highest BCUT2D eigenvalue weighted by Crippen LogP contribution is 2.13. The maximum absolute atomic E-state index is 13.0. The quantitative estimate of drug-likeness (QED) is 0.329. The molecule has 0 radical (unpaired) electrons. The van der Waals surface area contributed by atoms with E-state index in [4.69, 9.17) is 4.74 Å². The van der Waals surface area contributed by atoms with Crippen molar-refractivity contribution < 1.29 is 33.8 Å². The summed E-state index contributed by atoms with van der Waals surface area (Å²) in [6.07, 6.45) is 1.55. The van der Waals surface area contributed by atoms with Gasteiger partial charge in [0.25, 0.3) is 5.91 Å². The molecule has 39 heavy (non-hydrogen) atoms. The van der Waals surface area contributed by atoms with E-state index in [9.17, 15) is 29.1 Å². The average Bonchev–Trinajstić information content (AvgIpc) is 2.91. The molecule has 1 heterocycles.